The van der Waals surface area contributed by atoms with Gasteiger partial charge in [-0.3, -0.25) is 4.79 Å². The van der Waals surface area contributed by atoms with E-state index < -0.39 is 49.5 Å². The minimum Gasteiger partial charge on any atom is -0.394 e. The molecule has 0 saturated carbocycles. The summed E-state index contributed by atoms with van der Waals surface area (Å²) in [4.78, 5) is 13.1. The van der Waals surface area contributed by atoms with Crippen LogP contribution in [0.4, 0.5) is 0 Å². The Morgan fingerprint density at radius 2 is 0.789 bits per heavy atom. The number of rotatable bonds is 56. The zero-order valence-corrected chi connectivity index (χ0v) is 49.5. The summed E-state index contributed by atoms with van der Waals surface area (Å²) in [5, 5.41) is 54.6. The molecule has 1 saturated heterocycles. The average Bonchev–Trinajstić information content (AvgIpc) is 3.42. The van der Waals surface area contributed by atoms with Crippen molar-refractivity contribution in [3.05, 3.63) is 60.8 Å². The van der Waals surface area contributed by atoms with Crippen LogP contribution in [0.25, 0.3) is 0 Å². The van der Waals surface area contributed by atoms with Crippen molar-refractivity contribution in [2.75, 3.05) is 13.2 Å². The van der Waals surface area contributed by atoms with E-state index in [9.17, 15) is 30.3 Å². The summed E-state index contributed by atoms with van der Waals surface area (Å²) < 4.78 is 11.3. The number of hydrogen-bond acceptors (Lipinski definition) is 8. The molecule has 1 heterocycles. The van der Waals surface area contributed by atoms with Gasteiger partial charge < -0.3 is 40.3 Å². The van der Waals surface area contributed by atoms with Crippen molar-refractivity contribution in [2.45, 2.75) is 346 Å². The Morgan fingerprint density at radius 3 is 1.18 bits per heavy atom. The second-order valence-corrected chi connectivity index (χ2v) is 22.5. The molecule has 7 atom stereocenters. The molecule has 0 spiro atoms. The van der Waals surface area contributed by atoms with Crippen molar-refractivity contribution in [1.29, 1.82) is 0 Å². The Bertz CT molecular complexity index is 1380. The first kappa shape index (κ1) is 71.9. The summed E-state index contributed by atoms with van der Waals surface area (Å²) in [6.45, 7) is 3.79. The summed E-state index contributed by atoms with van der Waals surface area (Å²) in [5.74, 6) is -0.190. The van der Waals surface area contributed by atoms with E-state index in [4.69, 9.17) is 9.47 Å². The van der Waals surface area contributed by atoms with Crippen LogP contribution in [0.15, 0.2) is 60.8 Å². The third-order valence-corrected chi connectivity index (χ3v) is 15.3. The smallest absolute Gasteiger partial charge is 0.220 e. The number of unbranched alkanes of at least 4 members (excludes halogenated alkanes) is 38. The molecule has 0 radical (unpaired) electrons. The van der Waals surface area contributed by atoms with Gasteiger partial charge in [0.25, 0.3) is 0 Å². The van der Waals surface area contributed by atoms with E-state index in [1.807, 2.05) is 6.08 Å². The van der Waals surface area contributed by atoms with Gasteiger partial charge in [0.1, 0.15) is 24.4 Å². The molecule has 9 heteroatoms. The highest BCUT2D eigenvalue weighted by Crippen LogP contribution is 2.23. The van der Waals surface area contributed by atoms with Gasteiger partial charge >= 0.3 is 0 Å². The molecule has 0 bridgehead atoms. The molecule has 1 amide bonds. The van der Waals surface area contributed by atoms with Gasteiger partial charge in [0.15, 0.2) is 6.29 Å². The number of carbonyl (C=O) groups is 1. The summed E-state index contributed by atoms with van der Waals surface area (Å²) >= 11 is 0. The third kappa shape index (κ3) is 44.7. The lowest BCUT2D eigenvalue weighted by molar-refractivity contribution is -0.302. The van der Waals surface area contributed by atoms with Crippen LogP contribution in [0.1, 0.15) is 303 Å². The van der Waals surface area contributed by atoms with Gasteiger partial charge in [0, 0.05) is 6.42 Å². The number of amides is 1. The van der Waals surface area contributed by atoms with Gasteiger partial charge in [0.05, 0.1) is 25.4 Å². The maximum Gasteiger partial charge on any atom is 0.220 e. The van der Waals surface area contributed by atoms with Crippen molar-refractivity contribution in [3.8, 4) is 0 Å². The van der Waals surface area contributed by atoms with Crippen LogP contribution in [0.5, 0.6) is 0 Å². The molecular weight excluding hydrogens is 947 g/mol. The van der Waals surface area contributed by atoms with Gasteiger partial charge in [-0.2, -0.15) is 0 Å². The van der Waals surface area contributed by atoms with Crippen molar-refractivity contribution in [2.24, 2.45) is 0 Å². The molecule has 76 heavy (non-hydrogen) atoms. The molecule has 0 aromatic rings. The molecular formula is C67H123NO8. The van der Waals surface area contributed by atoms with Crippen molar-refractivity contribution in [3.63, 3.8) is 0 Å². The first-order valence-electron chi connectivity index (χ1n) is 32.5. The standard InChI is InChI=1S/C67H123NO8/c1-3-5-7-9-11-13-15-17-19-21-23-25-27-29-30-31-32-33-35-37-39-41-43-45-47-49-51-53-55-57-63(71)68-60(59-75-67-66(74)65(73)64(72)62(58-69)76-67)61(70)56-54-52-50-48-46-44-42-40-38-36-34-28-26-24-22-20-18-16-14-12-10-8-6-4-2/h23,25,29-30,38,40,46,48,54,56,60-62,64-67,69-70,72-74H,3-22,24,26-28,31-37,39,41-45,47,49-53,55,57-59H2,1-2H3,(H,68,71)/b25-23-,30-29-,40-38+,48-46+,56-54+. The van der Waals surface area contributed by atoms with E-state index in [2.05, 4.69) is 67.8 Å². The molecule has 444 valence electrons. The average molecular weight is 1070 g/mol. The highest BCUT2D eigenvalue weighted by molar-refractivity contribution is 5.76. The number of nitrogens with one attached hydrogen (secondary N) is 1. The lowest BCUT2D eigenvalue weighted by Gasteiger charge is -2.40. The maximum atomic E-state index is 13.1. The number of aliphatic hydroxyl groups excluding tert-OH is 5. The largest absolute Gasteiger partial charge is 0.394 e. The predicted octanol–water partition coefficient (Wildman–Crippen LogP) is 17.0. The number of allylic oxidation sites excluding steroid dienone is 9. The molecule has 6 N–H and O–H groups in total. The second-order valence-electron chi connectivity index (χ2n) is 22.5. The quantitative estimate of drug-likeness (QED) is 0.0261. The van der Waals surface area contributed by atoms with E-state index in [0.717, 1.165) is 51.4 Å². The van der Waals surface area contributed by atoms with E-state index in [-0.39, 0.29) is 12.5 Å². The number of ether oxygens (including phenoxy) is 2. The summed E-state index contributed by atoms with van der Waals surface area (Å²) in [7, 11) is 0. The van der Waals surface area contributed by atoms with Crippen LogP contribution >= 0.6 is 0 Å². The lowest BCUT2D eigenvalue weighted by atomic mass is 9.99. The lowest BCUT2D eigenvalue weighted by Crippen LogP contribution is -2.60. The summed E-state index contributed by atoms with van der Waals surface area (Å²) in [6, 6.07) is -0.832. The highest BCUT2D eigenvalue weighted by atomic mass is 16.7. The van der Waals surface area contributed by atoms with Crippen LogP contribution in [0.3, 0.4) is 0 Å². The van der Waals surface area contributed by atoms with Crippen LogP contribution in [0, 0.1) is 0 Å². The molecule has 0 aromatic carbocycles. The Labute approximate surface area is 468 Å². The van der Waals surface area contributed by atoms with Crippen LogP contribution in [-0.2, 0) is 14.3 Å². The Balaban J connectivity index is 2.20. The van der Waals surface area contributed by atoms with Gasteiger partial charge in [-0.05, 0) is 77.0 Å². The molecule has 1 aliphatic heterocycles. The Hall–Kier alpha value is -2.11. The van der Waals surface area contributed by atoms with Gasteiger partial charge in [-0.15, -0.1) is 0 Å². The normalized spacial score (nSPS) is 19.2. The Kier molecular flexibility index (Phi) is 53.1. The van der Waals surface area contributed by atoms with Gasteiger partial charge in [-0.25, -0.2) is 0 Å². The minimum atomic E-state index is -1.58. The fourth-order valence-corrected chi connectivity index (χ4v) is 10.2. The molecule has 7 unspecified atom stereocenters. The van der Waals surface area contributed by atoms with Crippen LogP contribution in [0.2, 0.25) is 0 Å². The van der Waals surface area contributed by atoms with Crippen LogP contribution in [-0.4, -0.2) is 87.5 Å². The topological polar surface area (TPSA) is 149 Å². The summed E-state index contributed by atoms with van der Waals surface area (Å²) in [5.41, 5.74) is 0. The summed E-state index contributed by atoms with van der Waals surface area (Å²) in [6.07, 6.45) is 70.2. The fraction of sp³-hybridized carbons (Fsp3) is 0.836. The predicted molar refractivity (Wildman–Crippen MR) is 322 cm³/mol. The molecule has 1 fully saturated rings. The molecule has 1 rings (SSSR count). The van der Waals surface area contributed by atoms with Crippen molar-refractivity contribution < 1.29 is 39.8 Å². The Morgan fingerprint density at radius 1 is 0.447 bits per heavy atom. The number of carbonyl (C=O) groups excluding carboxylic acids is 1. The molecule has 0 aliphatic carbocycles. The fourth-order valence-electron chi connectivity index (χ4n) is 10.2. The van der Waals surface area contributed by atoms with Gasteiger partial charge in [0.2, 0.25) is 5.91 Å². The van der Waals surface area contributed by atoms with Crippen molar-refractivity contribution >= 4 is 5.91 Å². The van der Waals surface area contributed by atoms with Crippen molar-refractivity contribution in [1.82, 2.24) is 5.32 Å². The van der Waals surface area contributed by atoms with E-state index in [1.54, 1.807) is 6.08 Å². The van der Waals surface area contributed by atoms with E-state index in [1.165, 1.54) is 231 Å². The third-order valence-electron chi connectivity index (χ3n) is 15.3. The SMILES string of the molecule is CCCCCCCCCCC/C=C\C/C=C\CCCCCCCCCCCCCCCC(=O)NC(COC1OC(CO)C(O)C(O)C1O)C(O)/C=C/CC/C=C/CC/C=C/CCCCCCCCCCCCCCCC. The number of aliphatic hydroxyl groups is 5. The molecule has 9 nitrogen and oxygen atoms in total. The first-order valence-corrected chi connectivity index (χ1v) is 32.5. The number of hydrogen-bond donors (Lipinski definition) is 6. The highest BCUT2D eigenvalue weighted by Gasteiger charge is 2.44. The van der Waals surface area contributed by atoms with Gasteiger partial charge in [-0.1, -0.05) is 280 Å². The van der Waals surface area contributed by atoms with Crippen LogP contribution < -0.4 is 5.32 Å². The monoisotopic (exact) mass is 1070 g/mol. The zero-order valence-electron chi connectivity index (χ0n) is 49.5. The zero-order chi connectivity index (χ0) is 55.0. The minimum absolute atomic E-state index is 0.190. The van der Waals surface area contributed by atoms with E-state index in [0.29, 0.717) is 6.42 Å². The van der Waals surface area contributed by atoms with E-state index >= 15 is 0 Å². The first-order chi connectivity index (χ1) is 37.3. The second kappa shape index (κ2) is 56.2. The molecule has 1 aliphatic rings. The maximum absolute atomic E-state index is 13.1. The molecule has 0 aromatic heterocycles.